The van der Waals surface area contributed by atoms with Crippen LogP contribution in [-0.4, -0.2) is 45.1 Å². The first kappa shape index (κ1) is 28.3. The van der Waals surface area contributed by atoms with Gasteiger partial charge in [0.25, 0.3) is 0 Å². The minimum Gasteiger partial charge on any atom is -0.450 e. The van der Waals surface area contributed by atoms with Gasteiger partial charge in [0.15, 0.2) is 17.2 Å². The number of pyridine rings is 1. The lowest BCUT2D eigenvalue weighted by molar-refractivity contribution is -0.204. The van der Waals surface area contributed by atoms with Crippen molar-refractivity contribution in [3.8, 4) is 0 Å². The number of hydrogen-bond donors (Lipinski definition) is 1. The first-order chi connectivity index (χ1) is 20.1. The average molecular weight is 588 g/mol. The summed E-state index contributed by atoms with van der Waals surface area (Å²) >= 11 is 1.41. The number of benzene rings is 1. The highest BCUT2D eigenvalue weighted by molar-refractivity contribution is 7.99. The van der Waals surface area contributed by atoms with E-state index in [4.69, 9.17) is 9.72 Å². The molecule has 42 heavy (non-hydrogen) atoms. The molecule has 6 nitrogen and oxygen atoms in total. The van der Waals surface area contributed by atoms with Crippen LogP contribution in [0.3, 0.4) is 0 Å². The maximum absolute atomic E-state index is 14.5. The van der Waals surface area contributed by atoms with E-state index in [0.717, 1.165) is 60.9 Å². The standard InChI is InChI=1S/C35H41NO5S/c1-33-16-14-24(37)18-23(33)11-12-25-26-15-17-35(41-32(40)22-7-5-8-22,34(26,2)19-28(38)31(25)33)29(39)20-42-30-13-10-21-6-3-4-9-27(21)36-30/h3-4,6,9-10,13,18,22,25-26,28,31,38H,5,7-8,11-12,14-17,19-20H2,1-2H3/t25?,26?,28?,31?,33?,34?,35-/m0/s1. The van der Waals surface area contributed by atoms with Crippen LogP contribution >= 0.6 is 11.8 Å². The number of carbonyl (C=O) groups excluding carboxylic acids is 3. The van der Waals surface area contributed by atoms with Crippen molar-refractivity contribution in [2.45, 2.75) is 94.8 Å². The number of thioether (sulfide) groups is 1. The van der Waals surface area contributed by atoms with Crippen molar-refractivity contribution >= 4 is 40.2 Å². The van der Waals surface area contributed by atoms with Gasteiger partial charge in [0.05, 0.1) is 28.3 Å². The SMILES string of the molecule is CC12CCC(=O)C=C1CCC1C2C(O)CC2(C)C1CC[C@]2(OC(=O)C1CCC1)C(=O)CSc1ccc2ccccc2n1. The molecule has 0 saturated heterocycles. The van der Waals surface area contributed by atoms with Crippen LogP contribution in [0.25, 0.3) is 10.9 Å². The summed E-state index contributed by atoms with van der Waals surface area (Å²) in [4.78, 5) is 45.0. The van der Waals surface area contributed by atoms with Crippen molar-refractivity contribution in [2.24, 2.45) is 34.5 Å². The Balaban J connectivity index is 1.20. The van der Waals surface area contributed by atoms with Gasteiger partial charge < -0.3 is 9.84 Å². The summed E-state index contributed by atoms with van der Waals surface area (Å²) in [5.41, 5.74) is -0.0197. The summed E-state index contributed by atoms with van der Waals surface area (Å²) in [7, 11) is 0. The Morgan fingerprint density at radius 1 is 1.05 bits per heavy atom. The number of Topliss-reactive ketones (excluding diaryl/α,β-unsaturated/α-hetero) is 1. The van der Waals surface area contributed by atoms with Crippen molar-refractivity contribution in [3.05, 3.63) is 48.0 Å². The molecule has 0 spiro atoms. The van der Waals surface area contributed by atoms with Crippen LogP contribution in [0.1, 0.15) is 78.1 Å². The molecule has 1 aromatic heterocycles. The lowest BCUT2D eigenvalue weighted by Crippen LogP contribution is -2.63. The van der Waals surface area contributed by atoms with Crippen molar-refractivity contribution in [3.63, 3.8) is 0 Å². The van der Waals surface area contributed by atoms with E-state index in [2.05, 4.69) is 13.8 Å². The highest BCUT2D eigenvalue weighted by atomic mass is 32.2. The Morgan fingerprint density at radius 3 is 2.64 bits per heavy atom. The van der Waals surface area contributed by atoms with E-state index in [9.17, 15) is 19.5 Å². The van der Waals surface area contributed by atoms with Gasteiger partial charge in [-0.3, -0.25) is 14.4 Å². The van der Waals surface area contributed by atoms with Crippen LogP contribution in [-0.2, 0) is 19.1 Å². The van der Waals surface area contributed by atoms with Crippen molar-refractivity contribution in [1.82, 2.24) is 4.98 Å². The number of aliphatic hydroxyl groups is 1. The van der Waals surface area contributed by atoms with Crippen LogP contribution in [0.15, 0.2) is 53.1 Å². The Bertz CT molecular complexity index is 1480. The molecule has 7 rings (SSSR count). The number of rotatable bonds is 6. The summed E-state index contributed by atoms with van der Waals surface area (Å²) in [6.07, 6.45) is 8.67. The highest BCUT2D eigenvalue weighted by Gasteiger charge is 2.70. The minimum absolute atomic E-state index is 0.0492. The fraction of sp³-hybridized carbons (Fsp3) is 0.600. The maximum Gasteiger partial charge on any atom is 0.309 e. The van der Waals surface area contributed by atoms with E-state index in [1.165, 1.54) is 17.3 Å². The van der Waals surface area contributed by atoms with Gasteiger partial charge in [0, 0.05) is 17.2 Å². The number of hydrogen-bond acceptors (Lipinski definition) is 7. The van der Waals surface area contributed by atoms with Crippen molar-refractivity contribution in [2.75, 3.05) is 5.75 Å². The van der Waals surface area contributed by atoms with E-state index in [0.29, 0.717) is 19.3 Å². The number of ether oxygens (including phenoxy) is 1. The molecule has 1 heterocycles. The fourth-order valence-electron chi connectivity index (χ4n) is 9.64. The molecule has 0 bridgehead atoms. The molecule has 4 saturated carbocycles. The quantitative estimate of drug-likeness (QED) is 0.305. The minimum atomic E-state index is -1.25. The number of fused-ring (bicyclic) bond motifs is 6. The van der Waals surface area contributed by atoms with Crippen molar-refractivity contribution < 1.29 is 24.2 Å². The van der Waals surface area contributed by atoms with Gasteiger partial charge in [0.2, 0.25) is 0 Å². The molecule has 7 heteroatoms. The third-order valence-electron chi connectivity index (χ3n) is 12.1. The van der Waals surface area contributed by atoms with Crippen molar-refractivity contribution in [1.29, 1.82) is 0 Å². The zero-order valence-electron chi connectivity index (χ0n) is 24.6. The molecule has 5 aliphatic rings. The number of ketones is 2. The second-order valence-corrected chi connectivity index (χ2v) is 15.0. The third kappa shape index (κ3) is 4.24. The van der Waals surface area contributed by atoms with Gasteiger partial charge in [-0.1, -0.05) is 61.9 Å². The maximum atomic E-state index is 14.5. The predicted octanol–water partition coefficient (Wildman–Crippen LogP) is 6.48. The summed E-state index contributed by atoms with van der Waals surface area (Å²) < 4.78 is 6.48. The average Bonchev–Trinajstić information content (AvgIpc) is 3.22. The van der Waals surface area contributed by atoms with Gasteiger partial charge in [0.1, 0.15) is 0 Å². The predicted molar refractivity (Wildman–Crippen MR) is 162 cm³/mol. The zero-order chi connectivity index (χ0) is 29.3. The molecule has 7 atom stereocenters. The van der Waals surface area contributed by atoms with Crippen LogP contribution < -0.4 is 0 Å². The monoisotopic (exact) mass is 587 g/mol. The van der Waals surface area contributed by atoms with Gasteiger partial charge in [-0.25, -0.2) is 4.98 Å². The summed E-state index contributed by atoms with van der Waals surface area (Å²) in [5, 5.41) is 13.8. The van der Waals surface area contributed by atoms with Crippen LogP contribution in [0.4, 0.5) is 0 Å². The van der Waals surface area contributed by atoms with Crippen LogP contribution in [0, 0.1) is 34.5 Å². The Hall–Kier alpha value is -2.51. The second-order valence-electron chi connectivity index (χ2n) is 14.0. The normalized spacial score (nSPS) is 37.7. The highest BCUT2D eigenvalue weighted by Crippen LogP contribution is 2.68. The molecule has 6 unspecified atom stereocenters. The molecule has 4 fully saturated rings. The lowest BCUT2D eigenvalue weighted by Gasteiger charge is -2.60. The number of carbonyl (C=O) groups is 3. The number of esters is 1. The molecular formula is C35H41NO5S. The number of para-hydroxylation sites is 1. The first-order valence-corrected chi connectivity index (χ1v) is 16.8. The van der Waals surface area contributed by atoms with E-state index >= 15 is 0 Å². The Labute approximate surface area is 252 Å². The fourth-order valence-corrected chi connectivity index (χ4v) is 10.5. The number of nitrogens with zero attached hydrogens (tertiary/aromatic N) is 1. The molecule has 1 aromatic carbocycles. The summed E-state index contributed by atoms with van der Waals surface area (Å²) in [6.45, 7) is 4.36. The second kappa shape index (κ2) is 10.3. The summed E-state index contributed by atoms with van der Waals surface area (Å²) in [5.74, 6) is 0.378. The van der Waals surface area contributed by atoms with E-state index in [1.54, 1.807) is 0 Å². The Kier molecular flexibility index (Phi) is 6.93. The smallest absolute Gasteiger partial charge is 0.309 e. The van der Waals surface area contributed by atoms with Gasteiger partial charge >= 0.3 is 5.97 Å². The largest absolute Gasteiger partial charge is 0.450 e. The zero-order valence-corrected chi connectivity index (χ0v) is 25.5. The number of aromatic nitrogens is 1. The molecule has 0 radical (unpaired) electrons. The van der Waals surface area contributed by atoms with Gasteiger partial charge in [-0.15, -0.1) is 0 Å². The van der Waals surface area contributed by atoms with E-state index in [1.807, 2.05) is 42.5 Å². The van der Waals surface area contributed by atoms with E-state index in [-0.39, 0.29) is 52.4 Å². The molecule has 0 aliphatic heterocycles. The number of allylic oxidation sites excluding steroid dienone is 1. The lowest BCUT2D eigenvalue weighted by atomic mass is 9.45. The Morgan fingerprint density at radius 2 is 1.86 bits per heavy atom. The number of aliphatic hydroxyl groups excluding tert-OH is 1. The third-order valence-corrected chi connectivity index (χ3v) is 13.0. The molecule has 0 amide bonds. The molecule has 1 N–H and O–H groups in total. The van der Waals surface area contributed by atoms with E-state index < -0.39 is 17.1 Å². The molecule has 5 aliphatic carbocycles. The first-order valence-electron chi connectivity index (χ1n) is 15.8. The molecule has 2 aromatic rings. The summed E-state index contributed by atoms with van der Waals surface area (Å²) in [6, 6.07) is 11.9. The van der Waals surface area contributed by atoms with Gasteiger partial charge in [-0.2, -0.15) is 0 Å². The topological polar surface area (TPSA) is 93.6 Å². The van der Waals surface area contributed by atoms with Gasteiger partial charge in [-0.05, 0) is 92.7 Å². The molecule has 222 valence electrons. The van der Waals surface area contributed by atoms with Crippen LogP contribution in [0.5, 0.6) is 0 Å². The van der Waals surface area contributed by atoms with Crippen LogP contribution in [0.2, 0.25) is 0 Å². The molecular weight excluding hydrogens is 546 g/mol.